The topological polar surface area (TPSA) is 79.9 Å². The Kier molecular flexibility index (Phi) is 5.74. The monoisotopic (exact) mass is 452 g/mol. The van der Waals surface area contributed by atoms with Crippen molar-refractivity contribution >= 4 is 16.9 Å². The Balaban J connectivity index is 1.60. The van der Waals surface area contributed by atoms with Crippen LogP contribution in [0.4, 0.5) is 4.39 Å². The predicted molar refractivity (Wildman–Crippen MR) is 129 cm³/mol. The molecule has 5 aromatic rings. The summed E-state index contributed by atoms with van der Waals surface area (Å²) in [6, 6.07) is 24.9. The highest BCUT2D eigenvalue weighted by molar-refractivity contribution is 6.10. The molecule has 3 aromatic carbocycles. The summed E-state index contributed by atoms with van der Waals surface area (Å²) in [5, 5.41) is 11.0. The van der Waals surface area contributed by atoms with Crippen molar-refractivity contribution in [2.24, 2.45) is 0 Å². The van der Waals surface area contributed by atoms with Crippen molar-refractivity contribution in [3.8, 4) is 28.3 Å². The zero-order chi connectivity index (χ0) is 23.5. The number of hydrogen-bond donors (Lipinski definition) is 2. The fourth-order valence-corrected chi connectivity index (χ4v) is 3.90. The molecule has 0 aliphatic carbocycles. The largest absolute Gasteiger partial charge is 0.496 e. The first-order valence-corrected chi connectivity index (χ1v) is 10.7. The zero-order valence-electron chi connectivity index (χ0n) is 18.4. The molecule has 168 valence electrons. The predicted octanol–water partition coefficient (Wildman–Crippen LogP) is 5.37. The van der Waals surface area contributed by atoms with Crippen LogP contribution in [0.5, 0.6) is 5.75 Å². The van der Waals surface area contributed by atoms with Gasteiger partial charge < -0.3 is 10.1 Å². The van der Waals surface area contributed by atoms with Crippen LogP contribution in [0.1, 0.15) is 15.9 Å². The average molecular weight is 452 g/mol. The number of ether oxygens (including phenoxy) is 1. The maximum atomic E-state index is 13.5. The fourth-order valence-electron chi connectivity index (χ4n) is 3.90. The molecule has 7 heteroatoms. The molecule has 0 aliphatic rings. The molecule has 0 aliphatic heterocycles. The third-order valence-electron chi connectivity index (χ3n) is 5.60. The first-order chi connectivity index (χ1) is 16.6. The minimum atomic E-state index is -0.342. The van der Waals surface area contributed by atoms with Crippen LogP contribution in [0, 0.1) is 5.82 Å². The number of fused-ring (bicyclic) bond motifs is 1. The van der Waals surface area contributed by atoms with E-state index in [0.717, 1.165) is 11.1 Å². The molecular formula is C27H21FN4O2. The molecule has 0 spiro atoms. The van der Waals surface area contributed by atoms with Crippen LogP contribution in [0.25, 0.3) is 33.5 Å². The number of nitrogens with one attached hydrogen (secondary N) is 2. The number of aromatic nitrogens is 3. The number of pyridine rings is 1. The lowest BCUT2D eigenvalue weighted by molar-refractivity contribution is 0.0952. The van der Waals surface area contributed by atoms with Crippen molar-refractivity contribution in [2.75, 3.05) is 7.11 Å². The molecule has 0 saturated carbocycles. The molecule has 0 radical (unpaired) electrons. The number of methoxy groups -OCH3 is 1. The quantitative estimate of drug-likeness (QED) is 0.363. The van der Waals surface area contributed by atoms with Crippen molar-refractivity contribution < 1.29 is 13.9 Å². The second-order valence-electron chi connectivity index (χ2n) is 7.72. The summed E-state index contributed by atoms with van der Waals surface area (Å²) in [4.78, 5) is 18.1. The number of aromatic amines is 1. The van der Waals surface area contributed by atoms with E-state index in [1.54, 1.807) is 25.3 Å². The van der Waals surface area contributed by atoms with Gasteiger partial charge in [-0.2, -0.15) is 5.10 Å². The van der Waals surface area contributed by atoms with Gasteiger partial charge >= 0.3 is 0 Å². The van der Waals surface area contributed by atoms with E-state index < -0.39 is 0 Å². The van der Waals surface area contributed by atoms with E-state index in [2.05, 4.69) is 20.5 Å². The smallest absolute Gasteiger partial charge is 0.252 e. The minimum Gasteiger partial charge on any atom is -0.496 e. The lowest BCUT2D eigenvalue weighted by Gasteiger charge is -2.12. The molecule has 0 bridgehead atoms. The standard InChI is InChI=1S/C27H21FN4O2/c1-34-23-10-6-5-9-19(23)16-29-27(33)21-15-22(17-11-13-20(28)14-12-17)30-26-24(21)25(31-32-26)18-7-3-2-4-8-18/h2-15H,16H2,1H3,(H,29,33)(H,30,31,32). The summed E-state index contributed by atoms with van der Waals surface area (Å²) < 4.78 is 18.9. The van der Waals surface area contributed by atoms with Gasteiger partial charge in [-0.05, 0) is 36.4 Å². The molecule has 2 heterocycles. The van der Waals surface area contributed by atoms with Gasteiger partial charge in [-0.15, -0.1) is 0 Å². The van der Waals surface area contributed by atoms with Gasteiger partial charge in [-0.25, -0.2) is 9.37 Å². The Morgan fingerprint density at radius 3 is 2.47 bits per heavy atom. The van der Waals surface area contributed by atoms with Gasteiger partial charge in [-0.1, -0.05) is 48.5 Å². The van der Waals surface area contributed by atoms with Crippen LogP contribution in [-0.2, 0) is 6.54 Å². The normalized spacial score (nSPS) is 10.9. The first kappa shape index (κ1) is 21.3. The number of carbonyl (C=O) groups excluding carboxylic acids is 1. The van der Waals surface area contributed by atoms with E-state index in [1.807, 2.05) is 54.6 Å². The average Bonchev–Trinajstić information content (AvgIpc) is 3.32. The number of nitrogens with zero attached hydrogens (tertiary/aromatic N) is 2. The van der Waals surface area contributed by atoms with Crippen molar-refractivity contribution in [2.45, 2.75) is 6.54 Å². The summed E-state index contributed by atoms with van der Waals surface area (Å²) >= 11 is 0. The molecule has 6 nitrogen and oxygen atoms in total. The van der Waals surface area contributed by atoms with Gasteiger partial charge in [0.15, 0.2) is 5.65 Å². The van der Waals surface area contributed by atoms with Gasteiger partial charge in [0.25, 0.3) is 5.91 Å². The Morgan fingerprint density at radius 1 is 0.971 bits per heavy atom. The summed E-state index contributed by atoms with van der Waals surface area (Å²) in [6.45, 7) is 0.289. The Labute approximate surface area is 195 Å². The summed E-state index contributed by atoms with van der Waals surface area (Å²) in [5.41, 5.74) is 4.50. The van der Waals surface area contributed by atoms with Crippen LogP contribution < -0.4 is 10.1 Å². The number of halogens is 1. The maximum Gasteiger partial charge on any atom is 0.252 e. The molecule has 34 heavy (non-hydrogen) atoms. The van der Waals surface area contributed by atoms with Crippen LogP contribution in [-0.4, -0.2) is 28.2 Å². The third-order valence-corrected chi connectivity index (χ3v) is 5.60. The molecule has 0 saturated heterocycles. The third kappa shape index (κ3) is 4.11. The summed E-state index contributed by atoms with van der Waals surface area (Å²) in [5.74, 6) is 0.0777. The molecule has 2 N–H and O–H groups in total. The van der Waals surface area contributed by atoms with Gasteiger partial charge in [0.1, 0.15) is 11.6 Å². The van der Waals surface area contributed by atoms with Gasteiger partial charge in [0, 0.05) is 23.2 Å². The Hall–Kier alpha value is -4.52. The highest BCUT2D eigenvalue weighted by atomic mass is 19.1. The Morgan fingerprint density at radius 2 is 1.71 bits per heavy atom. The van der Waals surface area contributed by atoms with E-state index in [9.17, 15) is 9.18 Å². The molecule has 2 aromatic heterocycles. The van der Waals surface area contributed by atoms with Crippen LogP contribution in [0.2, 0.25) is 0 Å². The van der Waals surface area contributed by atoms with E-state index in [4.69, 9.17) is 4.74 Å². The fraction of sp³-hybridized carbons (Fsp3) is 0.0741. The number of para-hydroxylation sites is 1. The SMILES string of the molecule is COc1ccccc1CNC(=O)c1cc(-c2ccc(F)cc2)nc2n[nH]c(-c3ccccc3)c12. The molecule has 1 amide bonds. The van der Waals surface area contributed by atoms with Crippen LogP contribution in [0.15, 0.2) is 84.9 Å². The number of hydrogen-bond acceptors (Lipinski definition) is 4. The van der Waals surface area contributed by atoms with Crippen LogP contribution in [0.3, 0.4) is 0 Å². The van der Waals surface area contributed by atoms with Crippen molar-refractivity contribution in [3.63, 3.8) is 0 Å². The van der Waals surface area contributed by atoms with Crippen molar-refractivity contribution in [1.29, 1.82) is 0 Å². The maximum absolute atomic E-state index is 13.5. The number of carbonyl (C=O) groups is 1. The zero-order valence-corrected chi connectivity index (χ0v) is 18.4. The van der Waals surface area contributed by atoms with Gasteiger partial charge in [0.05, 0.1) is 29.4 Å². The number of rotatable bonds is 6. The molecular weight excluding hydrogens is 431 g/mol. The molecule has 5 rings (SSSR count). The summed E-state index contributed by atoms with van der Waals surface area (Å²) in [7, 11) is 1.60. The second-order valence-corrected chi connectivity index (χ2v) is 7.72. The van der Waals surface area contributed by atoms with Crippen LogP contribution >= 0.6 is 0 Å². The summed E-state index contributed by atoms with van der Waals surface area (Å²) in [6.07, 6.45) is 0. The molecule has 0 fully saturated rings. The molecule has 0 unspecified atom stereocenters. The van der Waals surface area contributed by atoms with Crippen molar-refractivity contribution in [3.05, 3.63) is 102 Å². The Bertz CT molecular complexity index is 1460. The lowest BCUT2D eigenvalue weighted by atomic mass is 10.0. The number of H-pyrrole nitrogens is 1. The molecule has 0 atom stereocenters. The van der Waals surface area contributed by atoms with E-state index in [1.165, 1.54) is 12.1 Å². The van der Waals surface area contributed by atoms with E-state index in [-0.39, 0.29) is 18.3 Å². The minimum absolute atomic E-state index is 0.278. The van der Waals surface area contributed by atoms with Gasteiger partial charge in [0.2, 0.25) is 0 Å². The van der Waals surface area contributed by atoms with Gasteiger partial charge in [-0.3, -0.25) is 9.89 Å². The highest BCUT2D eigenvalue weighted by Crippen LogP contribution is 2.31. The number of amides is 1. The first-order valence-electron chi connectivity index (χ1n) is 10.7. The highest BCUT2D eigenvalue weighted by Gasteiger charge is 2.20. The number of benzene rings is 3. The lowest BCUT2D eigenvalue weighted by Crippen LogP contribution is -2.23. The van der Waals surface area contributed by atoms with E-state index in [0.29, 0.717) is 39.3 Å². The second kappa shape index (κ2) is 9.15. The van der Waals surface area contributed by atoms with Crippen molar-refractivity contribution in [1.82, 2.24) is 20.5 Å². The van der Waals surface area contributed by atoms with E-state index >= 15 is 0 Å².